The Hall–Kier alpha value is -1.12. The van der Waals surface area contributed by atoms with Crippen molar-refractivity contribution in [2.24, 2.45) is 28.9 Å². The van der Waals surface area contributed by atoms with E-state index in [0.717, 1.165) is 38.5 Å². The predicted octanol–water partition coefficient (Wildman–Crippen LogP) is 1.16. The lowest BCUT2D eigenvalue weighted by Crippen LogP contribution is -2.64. The standard InChI is InChI=1S/C18H25N3O2/c19-8-13-2-12-3-14(12)21(13)16(22)15(20)17-4-10-1-11(5-17)7-18(23,6-10)9-17/h10-15,23H,1-7,9,20H2/t10-,11-,12-,13+,14+,15-,17?,18?/m1/s1. The van der Waals surface area contributed by atoms with Crippen molar-refractivity contribution in [1.82, 2.24) is 4.90 Å². The van der Waals surface area contributed by atoms with E-state index < -0.39 is 11.6 Å². The minimum Gasteiger partial charge on any atom is -0.390 e. The predicted molar refractivity (Wildman–Crippen MR) is 82.8 cm³/mol. The number of carbonyl (C=O) groups is 1. The fourth-order valence-electron chi connectivity index (χ4n) is 6.96. The molecule has 5 saturated carbocycles. The Balaban J connectivity index is 1.43. The molecular formula is C18H25N3O2. The molecule has 4 bridgehead atoms. The van der Waals surface area contributed by atoms with Gasteiger partial charge in [-0.3, -0.25) is 4.79 Å². The average molecular weight is 315 g/mol. The van der Waals surface area contributed by atoms with Crippen molar-refractivity contribution in [2.75, 3.05) is 0 Å². The Morgan fingerprint density at radius 1 is 1.22 bits per heavy atom. The van der Waals surface area contributed by atoms with E-state index in [1.165, 1.54) is 6.42 Å². The van der Waals surface area contributed by atoms with Crippen LogP contribution in [0.3, 0.4) is 0 Å². The number of piperidine rings is 1. The first-order valence-electron chi connectivity index (χ1n) is 9.13. The van der Waals surface area contributed by atoms with E-state index in [9.17, 15) is 15.2 Å². The van der Waals surface area contributed by atoms with Crippen molar-refractivity contribution < 1.29 is 9.90 Å². The Morgan fingerprint density at radius 3 is 2.52 bits per heavy atom. The van der Waals surface area contributed by atoms with Gasteiger partial charge in [0.25, 0.3) is 0 Å². The molecule has 0 aromatic heterocycles. The fraction of sp³-hybridized carbons (Fsp3) is 0.889. The second kappa shape index (κ2) is 4.29. The molecule has 6 atom stereocenters. The van der Waals surface area contributed by atoms with Gasteiger partial charge in [-0.1, -0.05) is 0 Å². The number of nitrogens with zero attached hydrogens (tertiary/aromatic N) is 2. The molecule has 5 heteroatoms. The molecule has 1 heterocycles. The highest BCUT2D eigenvalue weighted by molar-refractivity contribution is 5.84. The fourth-order valence-corrected chi connectivity index (χ4v) is 6.96. The van der Waals surface area contributed by atoms with Crippen LogP contribution in [0.15, 0.2) is 0 Å². The number of hydrogen-bond acceptors (Lipinski definition) is 4. The van der Waals surface area contributed by atoms with E-state index in [1.807, 2.05) is 0 Å². The van der Waals surface area contributed by atoms with Gasteiger partial charge in [-0.15, -0.1) is 0 Å². The zero-order valence-corrected chi connectivity index (χ0v) is 13.4. The molecule has 124 valence electrons. The summed E-state index contributed by atoms with van der Waals surface area (Å²) in [5.74, 6) is 1.56. The van der Waals surface area contributed by atoms with Crippen LogP contribution in [0.4, 0.5) is 0 Å². The number of carbonyl (C=O) groups excluding carboxylic acids is 1. The van der Waals surface area contributed by atoms with Crippen LogP contribution in [0.5, 0.6) is 0 Å². The maximum atomic E-state index is 13.1. The van der Waals surface area contributed by atoms with Gasteiger partial charge in [-0.05, 0) is 74.5 Å². The number of rotatable bonds is 2. The van der Waals surface area contributed by atoms with Crippen LogP contribution >= 0.6 is 0 Å². The third-order valence-electron chi connectivity index (χ3n) is 7.51. The molecule has 0 spiro atoms. The summed E-state index contributed by atoms with van der Waals surface area (Å²) >= 11 is 0. The smallest absolute Gasteiger partial charge is 0.241 e. The van der Waals surface area contributed by atoms with Crippen molar-refractivity contribution in [3.05, 3.63) is 0 Å². The number of fused-ring (bicyclic) bond motifs is 1. The van der Waals surface area contributed by atoms with E-state index in [1.54, 1.807) is 4.90 Å². The molecule has 23 heavy (non-hydrogen) atoms. The number of hydrogen-bond donors (Lipinski definition) is 2. The Bertz CT molecular complexity index is 598. The minimum absolute atomic E-state index is 0.0212. The molecule has 0 unspecified atom stereocenters. The monoisotopic (exact) mass is 315 g/mol. The van der Waals surface area contributed by atoms with Gasteiger partial charge in [0.1, 0.15) is 6.04 Å². The van der Waals surface area contributed by atoms with Crippen molar-refractivity contribution in [2.45, 2.75) is 75.1 Å². The molecule has 0 aromatic rings. The van der Waals surface area contributed by atoms with Crippen LogP contribution in [0.2, 0.25) is 0 Å². The lowest BCUT2D eigenvalue weighted by atomic mass is 9.46. The summed E-state index contributed by atoms with van der Waals surface area (Å²) in [6.07, 6.45) is 7.48. The first-order valence-corrected chi connectivity index (χ1v) is 9.13. The van der Waals surface area contributed by atoms with Gasteiger partial charge >= 0.3 is 0 Å². The maximum Gasteiger partial charge on any atom is 0.241 e. The summed E-state index contributed by atoms with van der Waals surface area (Å²) in [5, 5.41) is 20.2. The zero-order chi connectivity index (χ0) is 16.0. The highest BCUT2D eigenvalue weighted by atomic mass is 16.3. The zero-order valence-electron chi connectivity index (χ0n) is 13.4. The van der Waals surface area contributed by atoms with Crippen LogP contribution in [0.25, 0.3) is 0 Å². The summed E-state index contributed by atoms with van der Waals surface area (Å²) in [6.45, 7) is 0. The molecule has 3 N–H and O–H groups in total. The van der Waals surface area contributed by atoms with Crippen LogP contribution < -0.4 is 5.73 Å². The van der Waals surface area contributed by atoms with E-state index in [-0.39, 0.29) is 23.4 Å². The lowest BCUT2D eigenvalue weighted by molar-refractivity contribution is -0.177. The number of likely N-dealkylation sites (tertiary alicyclic amines) is 1. The SMILES string of the molecule is N#C[C@@H]1C[C@@H]2C[C@@H]2N1C(=O)[C@@H](N)C12C[C@H]3C[C@@H](CC(O)(C3)C1)C2. The number of nitrogens with two attached hydrogens (primary N) is 1. The topological polar surface area (TPSA) is 90.4 Å². The van der Waals surface area contributed by atoms with E-state index in [4.69, 9.17) is 5.73 Å². The molecule has 6 rings (SSSR count). The first-order chi connectivity index (χ1) is 10.9. The van der Waals surface area contributed by atoms with Crippen LogP contribution in [0, 0.1) is 34.5 Å². The molecule has 0 aromatic carbocycles. The van der Waals surface area contributed by atoms with Crippen molar-refractivity contribution in [1.29, 1.82) is 5.26 Å². The first kappa shape index (κ1) is 14.2. The number of amides is 1. The number of nitriles is 1. The van der Waals surface area contributed by atoms with Crippen LogP contribution in [-0.4, -0.2) is 39.6 Å². The quantitative estimate of drug-likeness (QED) is 0.800. The van der Waals surface area contributed by atoms with Gasteiger partial charge in [-0.25, -0.2) is 0 Å². The normalized spacial score (nSPS) is 53.8. The molecule has 6 aliphatic rings. The van der Waals surface area contributed by atoms with Crippen LogP contribution in [0.1, 0.15) is 51.4 Å². The second-order valence-electron chi connectivity index (χ2n) is 9.21. The Morgan fingerprint density at radius 2 is 1.91 bits per heavy atom. The van der Waals surface area contributed by atoms with Crippen molar-refractivity contribution in [3.63, 3.8) is 0 Å². The van der Waals surface area contributed by atoms with Gasteiger partial charge in [-0.2, -0.15) is 5.26 Å². The summed E-state index contributed by atoms with van der Waals surface area (Å²) < 4.78 is 0. The highest BCUT2D eigenvalue weighted by Crippen LogP contribution is 2.63. The van der Waals surface area contributed by atoms with Gasteiger partial charge in [0, 0.05) is 6.04 Å². The largest absolute Gasteiger partial charge is 0.390 e. The van der Waals surface area contributed by atoms with Gasteiger partial charge in [0.15, 0.2) is 0 Å². The van der Waals surface area contributed by atoms with E-state index in [0.29, 0.717) is 24.2 Å². The Kier molecular flexibility index (Phi) is 2.65. The molecule has 0 radical (unpaired) electrons. The van der Waals surface area contributed by atoms with E-state index >= 15 is 0 Å². The summed E-state index contributed by atoms with van der Waals surface area (Å²) in [6, 6.07) is 1.72. The maximum absolute atomic E-state index is 13.1. The second-order valence-corrected chi connectivity index (χ2v) is 9.21. The highest BCUT2D eigenvalue weighted by Gasteiger charge is 2.62. The summed E-state index contributed by atoms with van der Waals surface area (Å²) in [5.41, 5.74) is 5.71. The third kappa shape index (κ3) is 1.88. The minimum atomic E-state index is -0.594. The van der Waals surface area contributed by atoms with Gasteiger partial charge in [0.05, 0.1) is 17.7 Å². The van der Waals surface area contributed by atoms with Crippen LogP contribution in [-0.2, 0) is 4.79 Å². The summed E-state index contributed by atoms with van der Waals surface area (Å²) in [7, 11) is 0. The molecule has 1 saturated heterocycles. The average Bonchev–Trinajstić information content (AvgIpc) is 3.14. The molecule has 6 fully saturated rings. The lowest BCUT2D eigenvalue weighted by Gasteiger charge is -2.61. The van der Waals surface area contributed by atoms with Crippen molar-refractivity contribution in [3.8, 4) is 6.07 Å². The Labute approximate surface area is 136 Å². The van der Waals surface area contributed by atoms with E-state index in [2.05, 4.69) is 6.07 Å². The molecule has 5 nitrogen and oxygen atoms in total. The van der Waals surface area contributed by atoms with Crippen molar-refractivity contribution >= 4 is 5.91 Å². The molecule has 1 aliphatic heterocycles. The molecular weight excluding hydrogens is 290 g/mol. The molecule has 5 aliphatic carbocycles. The van der Waals surface area contributed by atoms with Gasteiger partial charge in [0.2, 0.25) is 5.91 Å². The van der Waals surface area contributed by atoms with Gasteiger partial charge < -0.3 is 15.7 Å². The molecule has 1 amide bonds. The summed E-state index contributed by atoms with van der Waals surface area (Å²) in [4.78, 5) is 14.9. The third-order valence-corrected chi connectivity index (χ3v) is 7.51. The number of aliphatic hydroxyl groups is 1.